The van der Waals surface area contributed by atoms with E-state index in [4.69, 9.17) is 9.47 Å². The van der Waals surface area contributed by atoms with Crippen LogP contribution in [0.25, 0.3) is 11.4 Å². The number of rotatable bonds is 7. The molecule has 2 aromatic heterocycles. The van der Waals surface area contributed by atoms with E-state index in [1.54, 1.807) is 32.3 Å². The van der Waals surface area contributed by atoms with E-state index < -0.39 is 18.0 Å². The lowest BCUT2D eigenvalue weighted by atomic mass is 10.3. The first-order valence-corrected chi connectivity index (χ1v) is 8.71. The lowest BCUT2D eigenvalue weighted by Gasteiger charge is -2.14. The molecule has 7 nitrogen and oxygen atoms in total. The van der Waals surface area contributed by atoms with Crippen LogP contribution < -0.4 is 0 Å². The van der Waals surface area contributed by atoms with Crippen molar-refractivity contribution in [2.24, 2.45) is 0 Å². The molecule has 0 fully saturated rings. The van der Waals surface area contributed by atoms with Gasteiger partial charge in [0, 0.05) is 12.4 Å². The number of pyridine rings is 1. The Morgan fingerprint density at radius 2 is 1.84 bits per heavy atom. The molecule has 0 spiro atoms. The van der Waals surface area contributed by atoms with Gasteiger partial charge in [-0.1, -0.05) is 17.8 Å². The Bertz CT molecular complexity index is 725. The number of thioether (sulfide) groups is 1. The van der Waals surface area contributed by atoms with E-state index in [0.29, 0.717) is 10.9 Å². The third-order valence-corrected chi connectivity index (χ3v) is 3.71. The standard InChI is InChI=1S/C17H19N3O4S/c1-11(2)23-16(22)12(3)24-15(21)10-25-17-19-9-7-14(20-17)13-6-4-5-8-18-13/h4-9,11-12H,10H2,1-3H3. The summed E-state index contributed by atoms with van der Waals surface area (Å²) in [6.07, 6.45) is 2.08. The molecule has 0 bridgehead atoms. The molecular weight excluding hydrogens is 342 g/mol. The fourth-order valence-electron chi connectivity index (χ4n) is 1.80. The van der Waals surface area contributed by atoms with E-state index in [9.17, 15) is 9.59 Å². The molecule has 25 heavy (non-hydrogen) atoms. The summed E-state index contributed by atoms with van der Waals surface area (Å²) in [5.41, 5.74) is 1.39. The largest absolute Gasteiger partial charge is 0.460 e. The zero-order valence-electron chi connectivity index (χ0n) is 14.2. The molecule has 1 unspecified atom stereocenters. The van der Waals surface area contributed by atoms with Crippen LogP contribution in [0.15, 0.2) is 41.8 Å². The molecule has 2 rings (SSSR count). The third kappa shape index (κ3) is 6.15. The van der Waals surface area contributed by atoms with E-state index in [1.807, 2.05) is 18.2 Å². The van der Waals surface area contributed by atoms with Gasteiger partial charge in [-0.25, -0.2) is 14.8 Å². The summed E-state index contributed by atoms with van der Waals surface area (Å²) in [6, 6.07) is 7.27. The van der Waals surface area contributed by atoms with Crippen molar-refractivity contribution in [1.82, 2.24) is 15.0 Å². The first-order valence-electron chi connectivity index (χ1n) is 7.73. The van der Waals surface area contributed by atoms with Gasteiger partial charge in [0.25, 0.3) is 0 Å². The molecule has 8 heteroatoms. The first-order chi connectivity index (χ1) is 12.0. The van der Waals surface area contributed by atoms with Crippen molar-refractivity contribution in [2.45, 2.75) is 38.1 Å². The van der Waals surface area contributed by atoms with Gasteiger partial charge < -0.3 is 9.47 Å². The van der Waals surface area contributed by atoms with Crippen LogP contribution in [0.4, 0.5) is 0 Å². The van der Waals surface area contributed by atoms with Crippen LogP contribution in [-0.2, 0) is 19.1 Å². The second kappa shape index (κ2) is 9.12. The van der Waals surface area contributed by atoms with Crippen molar-refractivity contribution >= 4 is 23.7 Å². The first kappa shape index (κ1) is 18.9. The minimum Gasteiger partial charge on any atom is -0.460 e. The highest BCUT2D eigenvalue weighted by Gasteiger charge is 2.20. The summed E-state index contributed by atoms with van der Waals surface area (Å²) >= 11 is 1.13. The summed E-state index contributed by atoms with van der Waals surface area (Å²) in [5, 5.41) is 0.428. The number of aromatic nitrogens is 3. The van der Waals surface area contributed by atoms with Crippen LogP contribution >= 0.6 is 11.8 Å². The maximum Gasteiger partial charge on any atom is 0.347 e. The SMILES string of the molecule is CC(C)OC(=O)C(C)OC(=O)CSc1nccc(-c2ccccn2)n1. The number of carbonyl (C=O) groups is 2. The van der Waals surface area contributed by atoms with Crippen LogP contribution in [0.2, 0.25) is 0 Å². The molecule has 0 radical (unpaired) electrons. The Hall–Kier alpha value is -2.48. The maximum atomic E-state index is 11.9. The van der Waals surface area contributed by atoms with Crippen molar-refractivity contribution < 1.29 is 19.1 Å². The maximum absolute atomic E-state index is 11.9. The van der Waals surface area contributed by atoms with E-state index in [-0.39, 0.29) is 11.9 Å². The Morgan fingerprint density at radius 1 is 1.04 bits per heavy atom. The highest BCUT2D eigenvalue weighted by Crippen LogP contribution is 2.18. The Morgan fingerprint density at radius 3 is 2.52 bits per heavy atom. The fraction of sp³-hybridized carbons (Fsp3) is 0.353. The summed E-state index contributed by atoms with van der Waals surface area (Å²) in [7, 11) is 0. The highest BCUT2D eigenvalue weighted by molar-refractivity contribution is 7.99. The van der Waals surface area contributed by atoms with Crippen molar-refractivity contribution in [3.8, 4) is 11.4 Å². The second-order valence-electron chi connectivity index (χ2n) is 5.35. The van der Waals surface area contributed by atoms with E-state index >= 15 is 0 Å². The van der Waals surface area contributed by atoms with Crippen LogP contribution in [0.5, 0.6) is 0 Å². The van der Waals surface area contributed by atoms with Crippen molar-refractivity contribution in [3.05, 3.63) is 36.7 Å². The van der Waals surface area contributed by atoms with Crippen molar-refractivity contribution in [3.63, 3.8) is 0 Å². The van der Waals surface area contributed by atoms with Crippen LogP contribution in [0.1, 0.15) is 20.8 Å². The number of esters is 2. The van der Waals surface area contributed by atoms with Crippen LogP contribution in [0, 0.1) is 0 Å². The Labute approximate surface area is 150 Å². The van der Waals surface area contributed by atoms with E-state index in [1.165, 1.54) is 6.92 Å². The highest BCUT2D eigenvalue weighted by atomic mass is 32.2. The second-order valence-corrected chi connectivity index (χ2v) is 6.29. The molecule has 132 valence electrons. The smallest absolute Gasteiger partial charge is 0.347 e. The van der Waals surface area contributed by atoms with E-state index in [2.05, 4.69) is 15.0 Å². The van der Waals surface area contributed by atoms with Crippen molar-refractivity contribution in [1.29, 1.82) is 0 Å². The van der Waals surface area contributed by atoms with Gasteiger partial charge in [0.15, 0.2) is 11.3 Å². The zero-order valence-corrected chi connectivity index (χ0v) is 15.0. The lowest BCUT2D eigenvalue weighted by molar-refractivity contribution is -0.167. The van der Waals surface area contributed by atoms with Gasteiger partial charge in [-0.2, -0.15) is 0 Å². The summed E-state index contributed by atoms with van der Waals surface area (Å²) < 4.78 is 10.0. The predicted molar refractivity (Wildman–Crippen MR) is 92.8 cm³/mol. The van der Waals surface area contributed by atoms with Crippen LogP contribution in [0.3, 0.4) is 0 Å². The average molecular weight is 361 g/mol. The average Bonchev–Trinajstić information content (AvgIpc) is 2.60. The van der Waals surface area contributed by atoms with Crippen LogP contribution in [-0.4, -0.2) is 44.9 Å². The van der Waals surface area contributed by atoms with Gasteiger partial charge >= 0.3 is 11.9 Å². The molecule has 0 amide bonds. The number of hydrogen-bond donors (Lipinski definition) is 0. The Kier molecular flexibility index (Phi) is 6.88. The predicted octanol–water partition coefficient (Wildman–Crippen LogP) is 2.51. The Balaban J connectivity index is 1.89. The minimum atomic E-state index is -0.948. The monoisotopic (exact) mass is 361 g/mol. The van der Waals surface area contributed by atoms with Gasteiger partial charge in [0.1, 0.15) is 0 Å². The van der Waals surface area contributed by atoms with Gasteiger partial charge in [0.05, 0.1) is 23.2 Å². The molecule has 0 saturated heterocycles. The molecule has 2 aromatic rings. The normalized spacial score (nSPS) is 11.8. The fourth-order valence-corrected chi connectivity index (χ4v) is 2.41. The quantitative estimate of drug-likeness (QED) is 0.422. The topological polar surface area (TPSA) is 91.3 Å². The molecule has 1 atom stereocenters. The number of carbonyl (C=O) groups excluding carboxylic acids is 2. The van der Waals surface area contributed by atoms with Gasteiger partial charge in [-0.15, -0.1) is 0 Å². The summed E-state index contributed by atoms with van der Waals surface area (Å²) in [4.78, 5) is 36.2. The molecule has 0 aliphatic carbocycles. The summed E-state index contributed by atoms with van der Waals surface area (Å²) in [6.45, 7) is 4.94. The third-order valence-electron chi connectivity index (χ3n) is 2.87. The summed E-state index contributed by atoms with van der Waals surface area (Å²) in [5.74, 6) is -1.11. The molecule has 0 aliphatic rings. The molecule has 0 N–H and O–H groups in total. The number of ether oxygens (including phenoxy) is 2. The van der Waals surface area contributed by atoms with Gasteiger partial charge in [-0.05, 0) is 39.0 Å². The molecule has 2 heterocycles. The van der Waals surface area contributed by atoms with Gasteiger partial charge in [0.2, 0.25) is 0 Å². The lowest BCUT2D eigenvalue weighted by Crippen LogP contribution is -2.28. The number of hydrogen-bond acceptors (Lipinski definition) is 8. The van der Waals surface area contributed by atoms with Gasteiger partial charge in [-0.3, -0.25) is 9.78 Å². The zero-order chi connectivity index (χ0) is 18.2. The number of nitrogens with zero attached hydrogens (tertiary/aromatic N) is 3. The minimum absolute atomic E-state index is 0.00896. The molecule has 0 saturated carbocycles. The molecule has 0 aliphatic heterocycles. The van der Waals surface area contributed by atoms with Crippen molar-refractivity contribution in [2.75, 3.05) is 5.75 Å². The molecule has 0 aromatic carbocycles. The molecular formula is C17H19N3O4S. The van der Waals surface area contributed by atoms with E-state index in [0.717, 1.165) is 17.5 Å².